The number of nitrogens with one attached hydrogen (secondary N) is 1. The van der Waals surface area contributed by atoms with Crippen molar-refractivity contribution >= 4 is 35.0 Å². The molecule has 1 aromatic rings. The number of carbonyl (C=O) groups is 2. The van der Waals surface area contributed by atoms with Gasteiger partial charge in [0.1, 0.15) is 0 Å². The molecule has 0 aliphatic carbocycles. The van der Waals surface area contributed by atoms with Gasteiger partial charge in [0.15, 0.2) is 5.75 Å². The molecule has 0 radical (unpaired) electrons. The number of nitrogens with zero attached hydrogens (tertiary/aromatic N) is 1. The first-order valence-corrected chi connectivity index (χ1v) is 8.83. The summed E-state index contributed by atoms with van der Waals surface area (Å²) in [6, 6.07) is 3.13. The van der Waals surface area contributed by atoms with Gasteiger partial charge in [0.05, 0.1) is 17.2 Å². The molecule has 1 aliphatic heterocycles. The van der Waals surface area contributed by atoms with E-state index in [2.05, 4.69) is 5.32 Å². The molecule has 1 aliphatic rings. The van der Waals surface area contributed by atoms with Crippen molar-refractivity contribution in [2.24, 2.45) is 5.92 Å². The normalized spacial score (nSPS) is 15.2. The maximum atomic E-state index is 12.6. The molecular weight excluding hydrogens is 351 g/mol. The first kappa shape index (κ1) is 18.9. The van der Waals surface area contributed by atoms with Crippen LogP contribution in [0.5, 0.6) is 5.75 Å². The average molecular weight is 373 g/mol. The first-order chi connectivity index (χ1) is 11.5. The van der Waals surface area contributed by atoms with Gasteiger partial charge in [0.25, 0.3) is 5.91 Å². The van der Waals surface area contributed by atoms with Crippen LogP contribution in [0.2, 0.25) is 10.0 Å². The van der Waals surface area contributed by atoms with E-state index in [1.807, 2.05) is 6.92 Å². The van der Waals surface area contributed by atoms with Crippen LogP contribution in [-0.2, 0) is 4.79 Å². The third kappa shape index (κ3) is 4.33. The summed E-state index contributed by atoms with van der Waals surface area (Å²) in [6.45, 7) is 3.81. The van der Waals surface area contributed by atoms with E-state index in [0.717, 1.165) is 6.42 Å². The Morgan fingerprint density at radius 1 is 1.25 bits per heavy atom. The second kappa shape index (κ2) is 8.58. The molecular formula is C17H22Cl2N2O3. The van der Waals surface area contributed by atoms with Gasteiger partial charge in [-0.3, -0.25) is 9.59 Å². The number of piperidine rings is 1. The van der Waals surface area contributed by atoms with Gasteiger partial charge in [0.2, 0.25) is 5.91 Å². The maximum absolute atomic E-state index is 12.6. The highest BCUT2D eigenvalue weighted by atomic mass is 35.5. The van der Waals surface area contributed by atoms with Gasteiger partial charge in [0, 0.05) is 31.1 Å². The molecule has 1 heterocycles. The second-order valence-electron chi connectivity index (χ2n) is 5.83. The summed E-state index contributed by atoms with van der Waals surface area (Å²) in [4.78, 5) is 26.4. The Morgan fingerprint density at radius 2 is 1.83 bits per heavy atom. The third-order valence-electron chi connectivity index (χ3n) is 4.15. The van der Waals surface area contributed by atoms with Crippen LogP contribution in [0.1, 0.15) is 36.5 Å². The van der Waals surface area contributed by atoms with Crippen molar-refractivity contribution in [3.63, 3.8) is 0 Å². The summed E-state index contributed by atoms with van der Waals surface area (Å²) >= 11 is 12.2. The molecule has 0 bridgehead atoms. The molecule has 24 heavy (non-hydrogen) atoms. The molecule has 0 aromatic heterocycles. The Labute approximate surface area is 152 Å². The fraction of sp³-hybridized carbons (Fsp3) is 0.529. The molecule has 1 saturated heterocycles. The molecule has 0 unspecified atom stereocenters. The van der Waals surface area contributed by atoms with Crippen LogP contribution in [0.15, 0.2) is 12.1 Å². The number of rotatable bonds is 5. The van der Waals surface area contributed by atoms with Gasteiger partial charge in [-0.2, -0.15) is 0 Å². The summed E-state index contributed by atoms with van der Waals surface area (Å²) < 4.78 is 5.10. The molecule has 5 nitrogen and oxygen atoms in total. The van der Waals surface area contributed by atoms with Gasteiger partial charge >= 0.3 is 0 Å². The van der Waals surface area contributed by atoms with Gasteiger partial charge in [-0.15, -0.1) is 0 Å². The Morgan fingerprint density at radius 3 is 2.33 bits per heavy atom. The lowest BCUT2D eigenvalue weighted by molar-refractivity contribution is -0.126. The first-order valence-electron chi connectivity index (χ1n) is 8.08. The van der Waals surface area contributed by atoms with Crippen LogP contribution < -0.4 is 10.1 Å². The van der Waals surface area contributed by atoms with Crippen molar-refractivity contribution in [2.45, 2.75) is 26.2 Å². The monoisotopic (exact) mass is 372 g/mol. The summed E-state index contributed by atoms with van der Waals surface area (Å²) in [5, 5.41) is 3.53. The number of hydrogen-bond donors (Lipinski definition) is 1. The van der Waals surface area contributed by atoms with Crippen molar-refractivity contribution in [1.29, 1.82) is 0 Å². The van der Waals surface area contributed by atoms with E-state index in [-0.39, 0.29) is 17.7 Å². The predicted molar refractivity (Wildman–Crippen MR) is 94.9 cm³/mol. The minimum atomic E-state index is -0.131. The van der Waals surface area contributed by atoms with Gasteiger partial charge in [-0.25, -0.2) is 0 Å². The standard InChI is InChI=1S/C17H22Cl2N2O3/c1-3-6-20-16(22)11-4-7-21(8-5-11)17(23)12-9-13(18)15(24-2)14(19)10-12/h9-11H,3-8H2,1-2H3,(H,20,22). The zero-order valence-electron chi connectivity index (χ0n) is 13.9. The minimum Gasteiger partial charge on any atom is -0.494 e. The molecule has 7 heteroatoms. The number of ether oxygens (including phenoxy) is 1. The number of amides is 2. The molecule has 1 aromatic carbocycles. The minimum absolute atomic E-state index is 0.0244. The lowest BCUT2D eigenvalue weighted by Gasteiger charge is -2.31. The van der Waals surface area contributed by atoms with E-state index in [1.165, 1.54) is 7.11 Å². The van der Waals surface area contributed by atoms with Crippen molar-refractivity contribution < 1.29 is 14.3 Å². The Kier molecular flexibility index (Phi) is 6.75. The van der Waals surface area contributed by atoms with Crippen molar-refractivity contribution in [2.75, 3.05) is 26.7 Å². The number of hydrogen-bond acceptors (Lipinski definition) is 3. The van der Waals surface area contributed by atoms with E-state index in [4.69, 9.17) is 27.9 Å². The second-order valence-corrected chi connectivity index (χ2v) is 6.65. The predicted octanol–water partition coefficient (Wildman–Crippen LogP) is 3.38. The number of likely N-dealkylation sites (tertiary alicyclic amines) is 1. The highest BCUT2D eigenvalue weighted by Gasteiger charge is 2.28. The van der Waals surface area contributed by atoms with Crippen LogP contribution >= 0.6 is 23.2 Å². The van der Waals surface area contributed by atoms with Crippen LogP contribution in [-0.4, -0.2) is 43.5 Å². The SMILES string of the molecule is CCCNC(=O)C1CCN(C(=O)c2cc(Cl)c(OC)c(Cl)c2)CC1. The number of benzene rings is 1. The van der Waals surface area contributed by atoms with Gasteiger partial charge < -0.3 is 15.0 Å². The fourth-order valence-electron chi connectivity index (χ4n) is 2.80. The van der Waals surface area contributed by atoms with E-state index in [1.54, 1.807) is 17.0 Å². The van der Waals surface area contributed by atoms with E-state index < -0.39 is 0 Å². The van der Waals surface area contributed by atoms with Crippen LogP contribution in [0.25, 0.3) is 0 Å². The molecule has 1 N–H and O–H groups in total. The van der Waals surface area contributed by atoms with E-state index in [0.29, 0.717) is 53.8 Å². The summed E-state index contributed by atoms with van der Waals surface area (Å²) in [5.74, 6) is 0.290. The summed E-state index contributed by atoms with van der Waals surface area (Å²) in [7, 11) is 1.48. The lowest BCUT2D eigenvalue weighted by Crippen LogP contribution is -2.43. The Bertz CT molecular complexity index is 591. The van der Waals surface area contributed by atoms with Crippen LogP contribution in [0.4, 0.5) is 0 Å². The van der Waals surface area contributed by atoms with Gasteiger partial charge in [-0.1, -0.05) is 30.1 Å². The molecule has 0 saturated carbocycles. The fourth-order valence-corrected chi connectivity index (χ4v) is 3.44. The molecule has 132 valence electrons. The Balaban J connectivity index is 1.99. The van der Waals surface area contributed by atoms with Crippen molar-refractivity contribution in [1.82, 2.24) is 10.2 Å². The summed E-state index contributed by atoms with van der Waals surface area (Å²) in [6.07, 6.45) is 2.25. The topological polar surface area (TPSA) is 58.6 Å². The third-order valence-corrected chi connectivity index (χ3v) is 4.71. The lowest BCUT2D eigenvalue weighted by atomic mass is 9.95. The Hall–Kier alpha value is -1.46. The van der Waals surface area contributed by atoms with E-state index >= 15 is 0 Å². The zero-order chi connectivity index (χ0) is 17.7. The smallest absolute Gasteiger partial charge is 0.253 e. The average Bonchev–Trinajstić information content (AvgIpc) is 2.58. The number of carbonyl (C=O) groups excluding carboxylic acids is 2. The number of methoxy groups -OCH3 is 1. The van der Waals surface area contributed by atoms with Crippen LogP contribution in [0.3, 0.4) is 0 Å². The zero-order valence-corrected chi connectivity index (χ0v) is 15.4. The quantitative estimate of drug-likeness (QED) is 0.861. The van der Waals surface area contributed by atoms with Crippen molar-refractivity contribution in [3.8, 4) is 5.75 Å². The molecule has 0 spiro atoms. The van der Waals surface area contributed by atoms with Crippen LogP contribution in [0, 0.1) is 5.92 Å². The molecule has 2 rings (SSSR count). The van der Waals surface area contributed by atoms with E-state index in [9.17, 15) is 9.59 Å². The molecule has 1 fully saturated rings. The summed E-state index contributed by atoms with van der Waals surface area (Å²) in [5.41, 5.74) is 0.430. The largest absolute Gasteiger partial charge is 0.494 e. The maximum Gasteiger partial charge on any atom is 0.253 e. The molecule has 0 atom stereocenters. The molecule has 2 amide bonds. The highest BCUT2D eigenvalue weighted by Crippen LogP contribution is 2.34. The van der Waals surface area contributed by atoms with Crippen molar-refractivity contribution in [3.05, 3.63) is 27.7 Å². The number of halogens is 2. The van der Waals surface area contributed by atoms with Gasteiger partial charge in [-0.05, 0) is 31.4 Å². The highest BCUT2D eigenvalue weighted by molar-refractivity contribution is 6.37.